The first kappa shape index (κ1) is 43.6. The molecule has 3 heterocycles. The second-order valence-corrected chi connectivity index (χ2v) is 17.2. The minimum absolute atomic E-state index is 0.00841. The lowest BCUT2D eigenvalue weighted by Crippen LogP contribution is -2.54. The largest absolute Gasteiger partial charge is 0.425 e. The van der Waals surface area contributed by atoms with Gasteiger partial charge in [-0.2, -0.15) is 0 Å². The van der Waals surface area contributed by atoms with Crippen LogP contribution in [0.3, 0.4) is 0 Å². The number of nitrogens with zero attached hydrogens (tertiary/aromatic N) is 4. The predicted octanol–water partition coefficient (Wildman–Crippen LogP) is 5.96. The van der Waals surface area contributed by atoms with Crippen LogP contribution in [0.2, 0.25) is 0 Å². The lowest BCUT2D eigenvalue weighted by atomic mass is 9.83. The van der Waals surface area contributed by atoms with Gasteiger partial charge < -0.3 is 29.0 Å². The summed E-state index contributed by atoms with van der Waals surface area (Å²) in [6.07, 6.45) is 5.50. The summed E-state index contributed by atoms with van der Waals surface area (Å²) >= 11 is 0. The van der Waals surface area contributed by atoms with Gasteiger partial charge in [-0.3, -0.25) is 19.2 Å². The van der Waals surface area contributed by atoms with Gasteiger partial charge >= 0.3 is 0 Å². The smallest absolute Gasteiger partial charge is 0.226 e. The number of Topliss-reactive ketones (excluding diaryl/α,β-unsaturated/α-hetero) is 2. The van der Waals surface area contributed by atoms with Gasteiger partial charge in [0.05, 0.1) is 36.8 Å². The van der Waals surface area contributed by atoms with E-state index in [1.807, 2.05) is 56.0 Å². The molecule has 2 amide bonds. The van der Waals surface area contributed by atoms with Gasteiger partial charge in [0, 0.05) is 71.4 Å². The number of aryl methyl sites for hydroxylation is 1. The molecule has 1 N–H and O–H groups in total. The molecule has 56 heavy (non-hydrogen) atoms. The molecule has 0 radical (unpaired) electrons. The van der Waals surface area contributed by atoms with Crippen molar-refractivity contribution in [2.75, 3.05) is 27.8 Å². The lowest BCUT2D eigenvalue weighted by Gasteiger charge is -2.41. The molecule has 1 saturated carbocycles. The normalized spacial score (nSPS) is 24.4. The van der Waals surface area contributed by atoms with Crippen molar-refractivity contribution in [2.24, 2.45) is 29.6 Å². The molecule has 1 aromatic carbocycles. The molecule has 0 unspecified atom stereocenters. The fourth-order valence-electron chi connectivity index (χ4n) is 9.82. The van der Waals surface area contributed by atoms with Crippen LogP contribution < -0.4 is 5.32 Å². The number of likely N-dealkylation sites (N-methyl/N-ethyl adjacent to an activating group) is 1. The summed E-state index contributed by atoms with van der Waals surface area (Å²) < 4.78 is 18.0. The number of hydrogen-bond donors (Lipinski definition) is 1. The highest BCUT2D eigenvalue weighted by Crippen LogP contribution is 2.37. The molecule has 3 aliphatic rings. The third-order valence-electron chi connectivity index (χ3n) is 13.3. The van der Waals surface area contributed by atoms with Gasteiger partial charge in [-0.05, 0) is 61.8 Å². The Morgan fingerprint density at radius 2 is 1.71 bits per heavy atom. The van der Waals surface area contributed by atoms with Crippen molar-refractivity contribution >= 4 is 23.4 Å². The van der Waals surface area contributed by atoms with Gasteiger partial charge in [-0.1, -0.05) is 71.4 Å². The summed E-state index contributed by atoms with van der Waals surface area (Å²) in [5, 5.41) is 11.8. The van der Waals surface area contributed by atoms with Crippen LogP contribution in [0, 0.1) is 36.5 Å². The van der Waals surface area contributed by atoms with Crippen LogP contribution in [0.4, 0.5) is 0 Å². The highest BCUT2D eigenvalue weighted by Gasteiger charge is 2.46. The van der Waals surface area contributed by atoms with Crippen molar-refractivity contribution in [3.05, 3.63) is 47.7 Å². The fraction of sp³-hybridized carbons (Fsp3) is 0.727. The number of methoxy groups -OCH3 is 2. The number of fused-ring (bicyclic) bond motifs is 2. The maximum absolute atomic E-state index is 14.3. The quantitative estimate of drug-likeness (QED) is 0.161. The molecular formula is C44H67N5O7. The molecule has 5 rings (SSSR count). The average molecular weight is 778 g/mol. The number of likely N-dealkylation sites (tertiary alicyclic amines) is 1. The number of ketones is 2. The second-order valence-electron chi connectivity index (χ2n) is 17.2. The van der Waals surface area contributed by atoms with Crippen LogP contribution in [0.15, 0.2) is 34.7 Å². The number of amides is 2. The monoisotopic (exact) mass is 778 g/mol. The first-order chi connectivity index (χ1) is 26.8. The Morgan fingerprint density at radius 3 is 2.29 bits per heavy atom. The minimum atomic E-state index is -0.569. The third-order valence-corrected chi connectivity index (χ3v) is 13.3. The molecule has 12 heteroatoms. The minimum Gasteiger partial charge on any atom is -0.425 e. The van der Waals surface area contributed by atoms with E-state index in [4.69, 9.17) is 13.9 Å². The number of benzene rings is 1. The van der Waals surface area contributed by atoms with E-state index in [1.54, 1.807) is 33.1 Å². The van der Waals surface area contributed by atoms with Crippen molar-refractivity contribution in [3.63, 3.8) is 0 Å². The van der Waals surface area contributed by atoms with Crippen LogP contribution in [-0.2, 0) is 35.1 Å². The van der Waals surface area contributed by atoms with Gasteiger partial charge in [0.25, 0.3) is 0 Å². The average Bonchev–Trinajstić information content (AvgIpc) is 4.03. The molecule has 3 fully saturated rings. The topological polar surface area (TPSA) is 144 Å². The number of piperidine rings is 1. The number of carbonyl (C=O) groups excluding carboxylic acids is 4. The number of ether oxygens (including phenoxy) is 2. The maximum atomic E-state index is 14.3. The van der Waals surface area contributed by atoms with E-state index in [0.717, 1.165) is 37.7 Å². The second kappa shape index (κ2) is 19.8. The summed E-state index contributed by atoms with van der Waals surface area (Å²) in [5.41, 5.74) is 1.07. The van der Waals surface area contributed by atoms with Gasteiger partial charge in [0.2, 0.25) is 23.6 Å². The Labute approximate surface area is 334 Å². The number of carbonyl (C=O) groups is 4. The molecule has 2 bridgehead atoms. The molecule has 1 aromatic heterocycles. The Bertz CT molecular complexity index is 1620. The fourth-order valence-corrected chi connectivity index (χ4v) is 9.82. The number of hydrogen-bond acceptors (Lipinski definition) is 10. The Morgan fingerprint density at radius 1 is 0.982 bits per heavy atom. The van der Waals surface area contributed by atoms with E-state index in [-0.39, 0.29) is 78.5 Å². The Hall–Kier alpha value is -3.48. The van der Waals surface area contributed by atoms with Crippen LogP contribution in [0.5, 0.6) is 0 Å². The summed E-state index contributed by atoms with van der Waals surface area (Å²) in [6.45, 7) is 12.4. The summed E-state index contributed by atoms with van der Waals surface area (Å²) in [7, 11) is 5.02. The summed E-state index contributed by atoms with van der Waals surface area (Å²) in [5.74, 6) is -0.0252. The molecule has 1 aliphatic carbocycles. The van der Waals surface area contributed by atoms with Crippen molar-refractivity contribution < 1.29 is 33.1 Å². The van der Waals surface area contributed by atoms with Crippen molar-refractivity contribution in [3.8, 4) is 0 Å². The van der Waals surface area contributed by atoms with E-state index in [1.165, 1.54) is 0 Å². The van der Waals surface area contributed by atoms with E-state index < -0.39 is 24.0 Å². The molecular weight excluding hydrogens is 711 g/mol. The van der Waals surface area contributed by atoms with Crippen molar-refractivity contribution in [1.82, 2.24) is 25.3 Å². The molecule has 12 nitrogen and oxygen atoms in total. The zero-order valence-corrected chi connectivity index (χ0v) is 35.2. The molecule has 310 valence electrons. The molecule has 2 aromatic rings. The molecule has 2 aliphatic heterocycles. The third kappa shape index (κ3) is 10.1. The van der Waals surface area contributed by atoms with Gasteiger partial charge in [-0.15, -0.1) is 10.2 Å². The summed E-state index contributed by atoms with van der Waals surface area (Å²) in [6, 6.07) is 9.55. The summed E-state index contributed by atoms with van der Waals surface area (Å²) in [4.78, 5) is 59.9. The SMILES string of the molecule is CC[C@H](C)[C@@H]([C@@H](CC(=O)N1CCC[C@H]1[C@H](OC)[C@@H](C)C(=O)C[C@@H](Cc1ccccc1)c1nnc(C)o1)OC)N(C)C(=O)[C@@H](CC(=O)[C@H]1N[C@@H]2CC[C@H]1C2)C(C)C. The van der Waals surface area contributed by atoms with Crippen molar-refractivity contribution in [1.29, 1.82) is 0 Å². The maximum Gasteiger partial charge on any atom is 0.226 e. The zero-order chi connectivity index (χ0) is 40.7. The van der Waals surface area contributed by atoms with Gasteiger partial charge in [0.1, 0.15) is 5.78 Å². The molecule has 0 spiro atoms. The Balaban J connectivity index is 1.27. The standard InChI is InChI=1S/C44H67N5O7/c1-10-27(4)41(48(7)44(53)34(26(2)3)24-37(51)40-31-18-19-33(22-31)45-40)38(54-8)25-39(52)49-20-14-17-35(49)42(55-9)28(5)36(50)23-32(43-47-46-29(6)56-43)21-30-15-12-11-13-16-30/h11-13,15-16,26-28,31-35,38,40-42,45H,10,14,17-25H2,1-9H3/t27-,28-,31-,32+,33+,34-,35-,38+,40-,41-,42+/m0/s1. The van der Waals surface area contributed by atoms with Crippen LogP contribution >= 0.6 is 0 Å². The highest BCUT2D eigenvalue weighted by atomic mass is 16.5. The molecule has 2 saturated heterocycles. The van der Waals surface area contributed by atoms with Gasteiger partial charge in [0.15, 0.2) is 5.78 Å². The first-order valence-corrected chi connectivity index (χ1v) is 21.0. The Kier molecular flexibility index (Phi) is 15.4. The zero-order valence-electron chi connectivity index (χ0n) is 35.2. The first-order valence-electron chi connectivity index (χ1n) is 21.0. The van der Waals surface area contributed by atoms with Crippen LogP contribution in [0.25, 0.3) is 0 Å². The van der Waals surface area contributed by atoms with Crippen LogP contribution in [-0.4, -0.2) is 108 Å². The van der Waals surface area contributed by atoms with E-state index in [0.29, 0.717) is 43.1 Å². The van der Waals surface area contributed by atoms with Crippen molar-refractivity contribution in [2.45, 2.75) is 148 Å². The van der Waals surface area contributed by atoms with Crippen LogP contribution in [0.1, 0.15) is 116 Å². The van der Waals surface area contributed by atoms with E-state index in [9.17, 15) is 19.2 Å². The number of rotatable bonds is 21. The van der Waals surface area contributed by atoms with E-state index in [2.05, 4.69) is 29.4 Å². The van der Waals surface area contributed by atoms with E-state index >= 15 is 0 Å². The molecule has 11 atom stereocenters. The highest BCUT2D eigenvalue weighted by molar-refractivity contribution is 5.90. The number of nitrogens with one attached hydrogen (secondary N) is 1. The van der Waals surface area contributed by atoms with Gasteiger partial charge in [-0.25, -0.2) is 0 Å². The number of aromatic nitrogens is 2. The lowest BCUT2D eigenvalue weighted by molar-refractivity contribution is -0.149. The predicted molar refractivity (Wildman–Crippen MR) is 214 cm³/mol.